The Morgan fingerprint density at radius 1 is 1.25 bits per heavy atom. The predicted molar refractivity (Wildman–Crippen MR) is 91.0 cm³/mol. The number of hydrogen-bond acceptors (Lipinski definition) is 3. The summed E-state index contributed by atoms with van der Waals surface area (Å²) in [5.41, 5.74) is -0.881. The lowest BCUT2D eigenvalue weighted by Crippen LogP contribution is -2.24. The van der Waals surface area contributed by atoms with E-state index in [2.05, 4.69) is 0 Å². The second-order valence-corrected chi connectivity index (χ2v) is 8.45. The molecule has 0 aliphatic heterocycles. The van der Waals surface area contributed by atoms with Crippen molar-refractivity contribution in [1.29, 1.82) is 0 Å². The van der Waals surface area contributed by atoms with Crippen LogP contribution in [0.1, 0.15) is 56.8 Å². The first-order chi connectivity index (χ1) is 11.2. The molecule has 3 unspecified atom stereocenters. The van der Waals surface area contributed by atoms with Gasteiger partial charge in [0.1, 0.15) is 11.2 Å². The number of carbonyl (C=O) groups is 1. The number of rotatable bonds is 4. The van der Waals surface area contributed by atoms with E-state index in [0.29, 0.717) is 12.5 Å². The van der Waals surface area contributed by atoms with Crippen molar-refractivity contribution < 1.29 is 18.7 Å². The van der Waals surface area contributed by atoms with E-state index in [-0.39, 0.29) is 16.3 Å². The first kappa shape index (κ1) is 17.5. The van der Waals surface area contributed by atoms with Crippen LogP contribution < -0.4 is 4.74 Å². The average molecular weight is 355 g/mol. The van der Waals surface area contributed by atoms with E-state index in [1.807, 2.05) is 0 Å². The van der Waals surface area contributed by atoms with Gasteiger partial charge in [-0.05, 0) is 70.3 Å². The summed E-state index contributed by atoms with van der Waals surface area (Å²) in [7, 11) is 0. The minimum atomic E-state index is -0.731. The van der Waals surface area contributed by atoms with Crippen LogP contribution in [0.3, 0.4) is 0 Å². The Hall–Kier alpha value is -1.29. The first-order valence-electron chi connectivity index (χ1n) is 8.58. The molecule has 2 aliphatic carbocycles. The van der Waals surface area contributed by atoms with E-state index < -0.39 is 17.4 Å². The molecule has 1 aromatic carbocycles. The van der Waals surface area contributed by atoms with Crippen LogP contribution in [0.4, 0.5) is 4.39 Å². The Morgan fingerprint density at radius 2 is 2.00 bits per heavy atom. The number of benzene rings is 1. The third-order valence-corrected chi connectivity index (χ3v) is 4.97. The topological polar surface area (TPSA) is 35.5 Å². The molecular formula is C19H24ClFO3. The van der Waals surface area contributed by atoms with Crippen molar-refractivity contribution in [3.8, 4) is 5.75 Å². The molecular weight excluding hydrogens is 331 g/mol. The van der Waals surface area contributed by atoms with Gasteiger partial charge in [-0.15, -0.1) is 0 Å². The maximum Gasteiger partial charge on any atom is 0.341 e. The van der Waals surface area contributed by atoms with Gasteiger partial charge in [0.15, 0.2) is 11.6 Å². The zero-order chi connectivity index (χ0) is 17.5. The van der Waals surface area contributed by atoms with Gasteiger partial charge in [-0.2, -0.15) is 0 Å². The predicted octanol–water partition coefficient (Wildman–Crippen LogP) is 5.25. The number of esters is 1. The zero-order valence-electron chi connectivity index (χ0n) is 14.4. The number of ether oxygens (including phenoxy) is 2. The minimum absolute atomic E-state index is 0.0290. The Kier molecular flexibility index (Phi) is 4.78. The Morgan fingerprint density at radius 3 is 2.67 bits per heavy atom. The normalized spacial score (nSPS) is 25.8. The molecule has 0 amide bonds. The molecule has 2 saturated carbocycles. The molecule has 2 aliphatic rings. The van der Waals surface area contributed by atoms with Crippen molar-refractivity contribution in [2.75, 3.05) is 6.61 Å². The molecule has 3 nitrogen and oxygen atoms in total. The summed E-state index contributed by atoms with van der Waals surface area (Å²) in [5, 5.41) is 0.262. The summed E-state index contributed by atoms with van der Waals surface area (Å²) in [5.74, 6) is 0.815. The first-order valence-corrected chi connectivity index (χ1v) is 8.96. The third-order valence-electron chi connectivity index (χ3n) is 4.75. The fraction of sp³-hybridized carbons (Fsp3) is 0.632. The smallest absolute Gasteiger partial charge is 0.341 e. The summed E-state index contributed by atoms with van der Waals surface area (Å²) >= 11 is 6.03. The minimum Gasteiger partial charge on any atom is -0.490 e. The molecule has 0 radical (unpaired) electrons. The lowest BCUT2D eigenvalue weighted by Gasteiger charge is -2.22. The molecule has 3 rings (SSSR count). The zero-order valence-corrected chi connectivity index (χ0v) is 15.2. The van der Waals surface area contributed by atoms with E-state index in [0.717, 1.165) is 24.7 Å². The van der Waals surface area contributed by atoms with Gasteiger partial charge >= 0.3 is 5.97 Å². The fourth-order valence-corrected chi connectivity index (χ4v) is 3.67. The van der Waals surface area contributed by atoms with E-state index in [1.165, 1.54) is 25.0 Å². The van der Waals surface area contributed by atoms with E-state index in [9.17, 15) is 9.18 Å². The van der Waals surface area contributed by atoms with Gasteiger partial charge in [-0.1, -0.05) is 11.6 Å². The van der Waals surface area contributed by atoms with Gasteiger partial charge < -0.3 is 9.47 Å². The molecule has 3 atom stereocenters. The molecule has 0 spiro atoms. The molecule has 0 saturated heterocycles. The van der Waals surface area contributed by atoms with E-state index in [4.69, 9.17) is 21.1 Å². The molecule has 0 heterocycles. The Labute approximate surface area is 147 Å². The van der Waals surface area contributed by atoms with Crippen molar-refractivity contribution in [3.63, 3.8) is 0 Å². The van der Waals surface area contributed by atoms with Crippen molar-refractivity contribution in [2.24, 2.45) is 17.8 Å². The van der Waals surface area contributed by atoms with E-state index >= 15 is 0 Å². The van der Waals surface area contributed by atoms with Gasteiger partial charge in [0, 0.05) is 11.1 Å². The fourth-order valence-electron chi connectivity index (χ4n) is 3.46. The van der Waals surface area contributed by atoms with Crippen LogP contribution in [0.5, 0.6) is 5.75 Å². The molecule has 0 N–H and O–H groups in total. The second-order valence-electron chi connectivity index (χ2n) is 8.01. The number of fused-ring (bicyclic) bond motifs is 1. The molecule has 5 heteroatoms. The second kappa shape index (κ2) is 6.55. The highest BCUT2D eigenvalue weighted by atomic mass is 35.5. The lowest BCUT2D eigenvalue weighted by molar-refractivity contribution is 0.00637. The van der Waals surface area contributed by atoms with Crippen LogP contribution in [0.25, 0.3) is 0 Å². The van der Waals surface area contributed by atoms with Crippen molar-refractivity contribution in [2.45, 2.75) is 52.1 Å². The highest BCUT2D eigenvalue weighted by Crippen LogP contribution is 2.51. The summed E-state index contributed by atoms with van der Waals surface area (Å²) < 4.78 is 25.5. The maximum absolute atomic E-state index is 14.6. The number of carbonyl (C=O) groups excluding carboxylic acids is 1. The molecule has 24 heavy (non-hydrogen) atoms. The van der Waals surface area contributed by atoms with Gasteiger partial charge in [-0.25, -0.2) is 9.18 Å². The highest BCUT2D eigenvalue weighted by Gasteiger charge is 2.42. The molecule has 1 aromatic rings. The standard InChI is InChI=1S/C19H24ClFO3/c1-19(2,3)24-18(22)15-8-14(20)9-16(17(15)21)23-10-11-4-5-12-7-13(12)6-11/h8-9,11-13H,4-7,10H2,1-3H3. The van der Waals surface area contributed by atoms with Crippen molar-refractivity contribution in [3.05, 3.63) is 28.5 Å². The van der Waals surface area contributed by atoms with Crippen LogP contribution in [-0.4, -0.2) is 18.2 Å². The molecule has 0 bridgehead atoms. The van der Waals surface area contributed by atoms with Crippen molar-refractivity contribution >= 4 is 17.6 Å². The molecule has 0 aromatic heterocycles. The maximum atomic E-state index is 14.6. The van der Waals surface area contributed by atoms with Gasteiger partial charge in [0.05, 0.1) is 6.61 Å². The summed E-state index contributed by atoms with van der Waals surface area (Å²) in [4.78, 5) is 12.2. The summed E-state index contributed by atoms with van der Waals surface area (Å²) in [6, 6.07) is 2.71. The van der Waals surface area contributed by atoms with Crippen LogP contribution in [-0.2, 0) is 4.74 Å². The Balaban J connectivity index is 1.69. The largest absolute Gasteiger partial charge is 0.490 e. The van der Waals surface area contributed by atoms with Gasteiger partial charge in [0.2, 0.25) is 0 Å². The van der Waals surface area contributed by atoms with Crippen LogP contribution in [0.2, 0.25) is 5.02 Å². The van der Waals surface area contributed by atoms with Gasteiger partial charge in [-0.3, -0.25) is 0 Å². The monoisotopic (exact) mass is 354 g/mol. The number of halogens is 2. The summed E-state index contributed by atoms with van der Waals surface area (Å²) in [6.45, 7) is 5.67. The number of hydrogen-bond donors (Lipinski definition) is 0. The Bertz CT molecular complexity index is 638. The molecule has 132 valence electrons. The van der Waals surface area contributed by atoms with Crippen LogP contribution in [0, 0.1) is 23.6 Å². The highest BCUT2D eigenvalue weighted by molar-refractivity contribution is 6.31. The van der Waals surface area contributed by atoms with Crippen LogP contribution in [0.15, 0.2) is 12.1 Å². The average Bonchev–Trinajstić information content (AvgIpc) is 3.24. The van der Waals surface area contributed by atoms with E-state index in [1.54, 1.807) is 20.8 Å². The van der Waals surface area contributed by atoms with Crippen LogP contribution >= 0.6 is 11.6 Å². The lowest BCUT2D eigenvalue weighted by atomic mass is 9.90. The summed E-state index contributed by atoms with van der Waals surface area (Å²) in [6.07, 6.45) is 4.87. The van der Waals surface area contributed by atoms with Crippen molar-refractivity contribution in [1.82, 2.24) is 0 Å². The quantitative estimate of drug-likeness (QED) is 0.693. The SMILES string of the molecule is CC(C)(C)OC(=O)c1cc(Cl)cc(OCC2CCC3CC3C2)c1F. The molecule has 2 fully saturated rings. The third kappa shape index (κ3) is 4.21. The van der Waals surface area contributed by atoms with Gasteiger partial charge in [0.25, 0.3) is 0 Å².